The Balaban J connectivity index is 2.98. The zero-order valence-electron chi connectivity index (χ0n) is 11.1. The Labute approximate surface area is 109 Å². The molecule has 0 bridgehead atoms. The molecule has 1 rings (SSSR count). The van der Waals surface area contributed by atoms with Gasteiger partial charge in [-0.05, 0) is 24.0 Å². The summed E-state index contributed by atoms with van der Waals surface area (Å²) in [5.41, 5.74) is 0.439. The molecule has 102 valence electrons. The molecule has 0 heterocycles. The van der Waals surface area contributed by atoms with Gasteiger partial charge in [0.05, 0.1) is 11.5 Å². The normalized spacial score (nSPS) is 12.3. The second-order valence-corrected chi connectivity index (χ2v) is 6.79. The van der Waals surface area contributed by atoms with Crippen LogP contribution in [0.3, 0.4) is 0 Å². The molecule has 0 radical (unpaired) electrons. The molecule has 18 heavy (non-hydrogen) atoms. The summed E-state index contributed by atoms with van der Waals surface area (Å²) in [4.78, 5) is 0.193. The van der Waals surface area contributed by atoms with Gasteiger partial charge in [0.1, 0.15) is 0 Å². The summed E-state index contributed by atoms with van der Waals surface area (Å²) >= 11 is 0. The zero-order chi connectivity index (χ0) is 13.8. The van der Waals surface area contributed by atoms with Gasteiger partial charge in [0.15, 0.2) is 0 Å². The highest BCUT2D eigenvalue weighted by atomic mass is 32.2. The van der Waals surface area contributed by atoms with Crippen LogP contribution >= 0.6 is 0 Å². The van der Waals surface area contributed by atoms with Crippen LogP contribution in [-0.2, 0) is 16.6 Å². The molecule has 1 aromatic rings. The Morgan fingerprint density at radius 2 is 1.89 bits per heavy atom. The number of rotatable bonds is 6. The van der Waals surface area contributed by atoms with E-state index < -0.39 is 10.0 Å². The highest BCUT2D eigenvalue weighted by molar-refractivity contribution is 7.89. The summed E-state index contributed by atoms with van der Waals surface area (Å²) in [7, 11) is -1.93. The fourth-order valence-corrected chi connectivity index (χ4v) is 3.01. The fourth-order valence-electron chi connectivity index (χ4n) is 1.61. The van der Waals surface area contributed by atoms with Gasteiger partial charge in [0, 0.05) is 13.6 Å². The summed E-state index contributed by atoms with van der Waals surface area (Å²) in [6.07, 6.45) is 0.816. The van der Waals surface area contributed by atoms with Crippen LogP contribution in [0.25, 0.3) is 0 Å². The number of hydrogen-bond acceptors (Lipinski definition) is 3. The van der Waals surface area contributed by atoms with Crippen LogP contribution in [0.5, 0.6) is 0 Å². The number of hydrogen-bond donors (Lipinski definition) is 1. The van der Waals surface area contributed by atoms with E-state index >= 15 is 0 Å². The highest BCUT2D eigenvalue weighted by Crippen LogP contribution is 2.19. The van der Waals surface area contributed by atoms with Crippen LogP contribution in [-0.4, -0.2) is 31.4 Å². The van der Waals surface area contributed by atoms with Gasteiger partial charge in [-0.25, -0.2) is 12.7 Å². The third-order valence-corrected chi connectivity index (χ3v) is 4.81. The highest BCUT2D eigenvalue weighted by Gasteiger charge is 2.23. The van der Waals surface area contributed by atoms with E-state index in [9.17, 15) is 13.5 Å². The maximum Gasteiger partial charge on any atom is 0.243 e. The molecule has 0 saturated heterocycles. The maximum absolute atomic E-state index is 12.3. The smallest absolute Gasteiger partial charge is 0.243 e. The van der Waals surface area contributed by atoms with Crippen molar-refractivity contribution in [2.45, 2.75) is 31.8 Å². The quantitative estimate of drug-likeness (QED) is 0.859. The minimum absolute atomic E-state index is 0.193. The number of benzene rings is 1. The third kappa shape index (κ3) is 3.54. The first-order valence-corrected chi connectivity index (χ1v) is 7.48. The number of aliphatic hydroxyl groups is 1. The first-order valence-electron chi connectivity index (χ1n) is 6.04. The summed E-state index contributed by atoms with van der Waals surface area (Å²) in [6, 6.07) is 6.55. The predicted octanol–water partition coefficient (Wildman–Crippen LogP) is 1.85. The zero-order valence-corrected chi connectivity index (χ0v) is 11.9. The molecular formula is C13H21NO3S. The summed E-state index contributed by atoms with van der Waals surface area (Å²) in [5, 5.41) is 9.20. The lowest BCUT2D eigenvalue weighted by molar-refractivity contribution is 0.278. The van der Waals surface area contributed by atoms with Gasteiger partial charge in [-0.2, -0.15) is 0 Å². The summed E-state index contributed by atoms with van der Waals surface area (Å²) < 4.78 is 26.0. The van der Waals surface area contributed by atoms with E-state index in [2.05, 4.69) is 13.8 Å². The Kier molecular flexibility index (Phi) is 5.31. The Morgan fingerprint density at radius 3 is 2.44 bits per heavy atom. The van der Waals surface area contributed by atoms with E-state index in [4.69, 9.17) is 0 Å². The van der Waals surface area contributed by atoms with Crippen molar-refractivity contribution >= 4 is 10.0 Å². The molecular weight excluding hydrogens is 250 g/mol. The van der Waals surface area contributed by atoms with E-state index in [0.717, 1.165) is 6.42 Å². The minimum atomic E-state index is -3.50. The molecule has 0 saturated carbocycles. The molecule has 0 aliphatic rings. The summed E-state index contributed by atoms with van der Waals surface area (Å²) in [6.45, 7) is 4.33. The van der Waals surface area contributed by atoms with Gasteiger partial charge in [-0.15, -0.1) is 0 Å². The molecule has 5 heteroatoms. The predicted molar refractivity (Wildman–Crippen MR) is 71.6 cm³/mol. The molecule has 0 spiro atoms. The van der Waals surface area contributed by atoms with Crippen molar-refractivity contribution in [2.24, 2.45) is 5.92 Å². The lowest BCUT2D eigenvalue weighted by Crippen LogP contribution is -2.29. The Morgan fingerprint density at radius 1 is 1.28 bits per heavy atom. The minimum Gasteiger partial charge on any atom is -0.392 e. The fraction of sp³-hybridized carbons (Fsp3) is 0.538. The van der Waals surface area contributed by atoms with Crippen molar-refractivity contribution in [1.29, 1.82) is 0 Å². The van der Waals surface area contributed by atoms with Crippen molar-refractivity contribution in [1.82, 2.24) is 4.31 Å². The lowest BCUT2D eigenvalue weighted by atomic mass is 10.1. The van der Waals surface area contributed by atoms with Crippen LogP contribution in [0.15, 0.2) is 29.2 Å². The molecule has 0 atom stereocenters. The van der Waals surface area contributed by atoms with E-state index in [0.29, 0.717) is 18.0 Å². The molecule has 4 nitrogen and oxygen atoms in total. The number of sulfonamides is 1. The van der Waals surface area contributed by atoms with Crippen molar-refractivity contribution in [3.63, 3.8) is 0 Å². The average Bonchev–Trinajstić information content (AvgIpc) is 2.35. The second-order valence-electron chi connectivity index (χ2n) is 4.77. The molecule has 0 unspecified atom stereocenters. The second kappa shape index (κ2) is 6.31. The van der Waals surface area contributed by atoms with Crippen LogP contribution in [0.2, 0.25) is 0 Å². The number of nitrogens with zero attached hydrogens (tertiary/aromatic N) is 1. The van der Waals surface area contributed by atoms with Crippen LogP contribution in [0.4, 0.5) is 0 Å². The van der Waals surface area contributed by atoms with E-state index in [1.165, 1.54) is 10.4 Å². The van der Waals surface area contributed by atoms with Gasteiger partial charge in [0.2, 0.25) is 10.0 Å². The topological polar surface area (TPSA) is 57.6 Å². The molecule has 0 aliphatic heterocycles. The van der Waals surface area contributed by atoms with Gasteiger partial charge < -0.3 is 5.11 Å². The maximum atomic E-state index is 12.3. The van der Waals surface area contributed by atoms with Crippen LogP contribution in [0.1, 0.15) is 25.8 Å². The molecule has 1 N–H and O–H groups in total. The van der Waals surface area contributed by atoms with Crippen molar-refractivity contribution in [3.8, 4) is 0 Å². The van der Waals surface area contributed by atoms with Crippen molar-refractivity contribution in [3.05, 3.63) is 29.8 Å². The first-order chi connectivity index (χ1) is 8.39. The van der Waals surface area contributed by atoms with E-state index in [1.807, 2.05) is 0 Å². The summed E-state index contributed by atoms with van der Waals surface area (Å²) in [5.74, 6) is 0.454. The lowest BCUT2D eigenvalue weighted by Gasteiger charge is -2.19. The van der Waals surface area contributed by atoms with Crippen molar-refractivity contribution in [2.75, 3.05) is 13.6 Å². The Bertz CT molecular complexity index is 483. The van der Waals surface area contributed by atoms with Crippen LogP contribution in [0, 0.1) is 5.92 Å². The van der Waals surface area contributed by atoms with Gasteiger partial charge in [-0.3, -0.25) is 0 Å². The van der Waals surface area contributed by atoms with E-state index in [-0.39, 0.29) is 11.5 Å². The van der Waals surface area contributed by atoms with E-state index in [1.54, 1.807) is 25.2 Å². The average molecular weight is 271 g/mol. The molecule has 0 aliphatic carbocycles. The first kappa shape index (κ1) is 15.1. The van der Waals surface area contributed by atoms with Gasteiger partial charge in [-0.1, -0.05) is 32.0 Å². The molecule has 0 amide bonds. The van der Waals surface area contributed by atoms with Crippen LogP contribution < -0.4 is 0 Å². The third-order valence-electron chi connectivity index (χ3n) is 2.85. The van der Waals surface area contributed by atoms with Gasteiger partial charge >= 0.3 is 0 Å². The molecule has 0 fully saturated rings. The molecule has 0 aromatic heterocycles. The molecule has 1 aromatic carbocycles. The largest absolute Gasteiger partial charge is 0.392 e. The number of aliphatic hydroxyl groups excluding tert-OH is 1. The van der Waals surface area contributed by atoms with Crippen molar-refractivity contribution < 1.29 is 13.5 Å². The Hall–Kier alpha value is -0.910. The monoisotopic (exact) mass is 271 g/mol. The SMILES string of the molecule is CC(C)CCN(C)S(=O)(=O)c1ccccc1CO. The van der Waals surface area contributed by atoms with Gasteiger partial charge in [0.25, 0.3) is 0 Å². The standard InChI is InChI=1S/C13H21NO3S/c1-11(2)8-9-14(3)18(16,17)13-7-5-4-6-12(13)10-15/h4-7,11,15H,8-10H2,1-3H3.